The van der Waals surface area contributed by atoms with Crippen LogP contribution in [0.3, 0.4) is 0 Å². The van der Waals surface area contributed by atoms with Gasteiger partial charge in [0.15, 0.2) is 0 Å². The van der Waals surface area contributed by atoms with E-state index in [1.807, 2.05) is 45.0 Å². The van der Waals surface area contributed by atoms with E-state index in [1.165, 1.54) is 0 Å². The normalized spacial score (nSPS) is 11.2. The fourth-order valence-corrected chi connectivity index (χ4v) is 2.12. The summed E-state index contributed by atoms with van der Waals surface area (Å²) in [4.78, 5) is 16.2. The molecule has 5 heteroatoms. The van der Waals surface area contributed by atoms with Crippen LogP contribution in [0.2, 0.25) is 0 Å². The number of benzene rings is 1. The van der Waals surface area contributed by atoms with Gasteiger partial charge in [-0.2, -0.15) is 0 Å². The lowest BCUT2D eigenvalue weighted by Gasteiger charge is -2.20. The van der Waals surface area contributed by atoms with Crippen molar-refractivity contribution < 1.29 is 9.53 Å². The van der Waals surface area contributed by atoms with E-state index in [-0.39, 0.29) is 18.0 Å². The van der Waals surface area contributed by atoms with E-state index in [0.717, 1.165) is 16.5 Å². The standard InChI is InChI=1S/C16H21N3O2/c1-16(2,3)19-14(20)10-18-15-12-6-5-7-13(21-4)11(12)8-9-17-15/h5-9H,10H2,1-4H3,(H,17,18)(H,19,20). The quantitative estimate of drug-likeness (QED) is 0.907. The molecule has 0 radical (unpaired) electrons. The molecule has 0 aliphatic carbocycles. The molecule has 0 aliphatic rings. The number of nitrogens with zero attached hydrogens (tertiary/aromatic N) is 1. The number of pyridine rings is 1. The number of amides is 1. The summed E-state index contributed by atoms with van der Waals surface area (Å²) in [6.07, 6.45) is 1.70. The maximum atomic E-state index is 11.9. The third-order valence-electron chi connectivity index (χ3n) is 2.92. The SMILES string of the molecule is COc1cccc2c(NCC(=O)NC(C)(C)C)nccc12. The van der Waals surface area contributed by atoms with Gasteiger partial charge in [-0.25, -0.2) is 4.98 Å². The molecule has 0 fully saturated rings. The van der Waals surface area contributed by atoms with Crippen molar-refractivity contribution in [3.05, 3.63) is 30.5 Å². The van der Waals surface area contributed by atoms with E-state index < -0.39 is 0 Å². The van der Waals surface area contributed by atoms with Gasteiger partial charge < -0.3 is 15.4 Å². The van der Waals surface area contributed by atoms with Crippen LogP contribution in [0, 0.1) is 0 Å². The number of carbonyl (C=O) groups excluding carboxylic acids is 1. The average molecular weight is 287 g/mol. The lowest BCUT2D eigenvalue weighted by Crippen LogP contribution is -2.43. The molecule has 0 atom stereocenters. The Balaban J connectivity index is 2.18. The van der Waals surface area contributed by atoms with E-state index in [0.29, 0.717) is 5.82 Å². The molecule has 21 heavy (non-hydrogen) atoms. The summed E-state index contributed by atoms with van der Waals surface area (Å²) in [6.45, 7) is 6.03. The molecule has 0 saturated heterocycles. The second-order valence-corrected chi connectivity index (χ2v) is 5.87. The molecule has 1 amide bonds. The Morgan fingerprint density at radius 1 is 1.24 bits per heavy atom. The predicted molar refractivity (Wildman–Crippen MR) is 84.7 cm³/mol. The first kappa shape index (κ1) is 15.1. The molecule has 2 N–H and O–H groups in total. The maximum Gasteiger partial charge on any atom is 0.239 e. The number of aromatic nitrogens is 1. The van der Waals surface area contributed by atoms with Gasteiger partial charge in [0.25, 0.3) is 0 Å². The van der Waals surface area contributed by atoms with Crippen LogP contribution in [0.5, 0.6) is 5.75 Å². The number of ether oxygens (including phenoxy) is 1. The second kappa shape index (κ2) is 5.99. The Kier molecular flexibility index (Phi) is 4.31. The molecular formula is C16H21N3O2. The first-order valence-electron chi connectivity index (χ1n) is 6.87. The van der Waals surface area contributed by atoms with E-state index in [1.54, 1.807) is 13.3 Å². The molecule has 5 nitrogen and oxygen atoms in total. The second-order valence-electron chi connectivity index (χ2n) is 5.87. The van der Waals surface area contributed by atoms with Gasteiger partial charge in [0, 0.05) is 22.5 Å². The molecule has 0 bridgehead atoms. The summed E-state index contributed by atoms with van der Waals surface area (Å²) in [6, 6.07) is 7.66. The topological polar surface area (TPSA) is 63.2 Å². The molecule has 0 unspecified atom stereocenters. The van der Waals surface area contributed by atoms with Gasteiger partial charge in [-0.15, -0.1) is 0 Å². The van der Waals surface area contributed by atoms with E-state index in [2.05, 4.69) is 15.6 Å². The van der Waals surface area contributed by atoms with Gasteiger partial charge in [-0.05, 0) is 32.9 Å². The summed E-state index contributed by atoms with van der Waals surface area (Å²) in [5, 5.41) is 7.89. The first-order chi connectivity index (χ1) is 9.90. The Labute approximate surface area is 124 Å². The third-order valence-corrected chi connectivity index (χ3v) is 2.92. The Bertz CT molecular complexity index is 648. The first-order valence-corrected chi connectivity index (χ1v) is 6.87. The van der Waals surface area contributed by atoms with Crippen molar-refractivity contribution in [3.63, 3.8) is 0 Å². The van der Waals surface area contributed by atoms with E-state index >= 15 is 0 Å². The van der Waals surface area contributed by atoms with Gasteiger partial charge >= 0.3 is 0 Å². The number of anilines is 1. The molecule has 1 aromatic carbocycles. The summed E-state index contributed by atoms with van der Waals surface area (Å²) in [5.41, 5.74) is -0.242. The van der Waals surface area contributed by atoms with Crippen LogP contribution in [-0.2, 0) is 4.79 Å². The Hall–Kier alpha value is -2.30. The zero-order valence-corrected chi connectivity index (χ0v) is 12.9. The predicted octanol–water partition coefficient (Wildman–Crippen LogP) is 2.57. The fraction of sp³-hybridized carbons (Fsp3) is 0.375. The molecule has 2 aromatic rings. The molecule has 1 heterocycles. The molecule has 0 saturated carbocycles. The fourth-order valence-electron chi connectivity index (χ4n) is 2.12. The van der Waals surface area contributed by atoms with Gasteiger partial charge in [-0.1, -0.05) is 12.1 Å². The molecule has 1 aromatic heterocycles. The largest absolute Gasteiger partial charge is 0.496 e. The molecule has 0 aliphatic heterocycles. The number of fused-ring (bicyclic) bond motifs is 1. The van der Waals surface area contributed by atoms with Gasteiger partial charge in [0.2, 0.25) is 5.91 Å². The molecule has 0 spiro atoms. The zero-order valence-electron chi connectivity index (χ0n) is 12.9. The number of rotatable bonds is 4. The van der Waals surface area contributed by atoms with Crippen LogP contribution < -0.4 is 15.4 Å². The molecule has 112 valence electrons. The highest BCUT2D eigenvalue weighted by Crippen LogP contribution is 2.28. The summed E-state index contributed by atoms with van der Waals surface area (Å²) in [7, 11) is 1.64. The number of carbonyl (C=O) groups is 1. The molecule has 2 rings (SSSR count). The number of hydrogen-bond donors (Lipinski definition) is 2. The summed E-state index contributed by atoms with van der Waals surface area (Å²) < 4.78 is 5.34. The van der Waals surface area contributed by atoms with Gasteiger partial charge in [-0.3, -0.25) is 4.79 Å². The van der Waals surface area contributed by atoms with Crippen LogP contribution in [0.1, 0.15) is 20.8 Å². The number of hydrogen-bond acceptors (Lipinski definition) is 4. The third kappa shape index (κ3) is 3.84. The van der Waals surface area contributed by atoms with Crippen molar-refractivity contribution in [1.82, 2.24) is 10.3 Å². The minimum absolute atomic E-state index is 0.0656. The van der Waals surface area contributed by atoms with Crippen LogP contribution in [0.25, 0.3) is 10.8 Å². The highest BCUT2D eigenvalue weighted by molar-refractivity contribution is 5.96. The highest BCUT2D eigenvalue weighted by Gasteiger charge is 2.14. The van der Waals surface area contributed by atoms with Crippen molar-refractivity contribution in [3.8, 4) is 5.75 Å². The average Bonchev–Trinajstić information content (AvgIpc) is 2.42. The van der Waals surface area contributed by atoms with E-state index in [9.17, 15) is 4.79 Å². The lowest BCUT2D eigenvalue weighted by atomic mass is 10.1. The van der Waals surface area contributed by atoms with Crippen LogP contribution in [-0.4, -0.2) is 30.1 Å². The van der Waals surface area contributed by atoms with Crippen molar-refractivity contribution in [2.45, 2.75) is 26.3 Å². The minimum atomic E-state index is -0.242. The van der Waals surface area contributed by atoms with Crippen molar-refractivity contribution in [1.29, 1.82) is 0 Å². The monoisotopic (exact) mass is 287 g/mol. The minimum Gasteiger partial charge on any atom is -0.496 e. The van der Waals surface area contributed by atoms with Crippen molar-refractivity contribution in [2.75, 3.05) is 19.0 Å². The summed E-state index contributed by atoms with van der Waals surface area (Å²) in [5.74, 6) is 1.40. The maximum absolute atomic E-state index is 11.9. The Morgan fingerprint density at radius 2 is 2.00 bits per heavy atom. The lowest BCUT2D eigenvalue weighted by molar-refractivity contribution is -0.120. The summed E-state index contributed by atoms with van der Waals surface area (Å²) >= 11 is 0. The van der Waals surface area contributed by atoms with E-state index in [4.69, 9.17) is 4.74 Å². The number of methoxy groups -OCH3 is 1. The molecular weight excluding hydrogens is 266 g/mol. The van der Waals surface area contributed by atoms with Gasteiger partial charge in [0.1, 0.15) is 11.6 Å². The number of nitrogens with one attached hydrogen (secondary N) is 2. The highest BCUT2D eigenvalue weighted by atomic mass is 16.5. The zero-order chi connectivity index (χ0) is 15.5. The smallest absolute Gasteiger partial charge is 0.239 e. The van der Waals surface area contributed by atoms with Crippen LogP contribution in [0.15, 0.2) is 30.5 Å². The Morgan fingerprint density at radius 3 is 2.67 bits per heavy atom. The van der Waals surface area contributed by atoms with Crippen LogP contribution in [0.4, 0.5) is 5.82 Å². The van der Waals surface area contributed by atoms with Crippen molar-refractivity contribution >= 4 is 22.5 Å². The van der Waals surface area contributed by atoms with Crippen LogP contribution >= 0.6 is 0 Å². The van der Waals surface area contributed by atoms with Crippen molar-refractivity contribution in [2.24, 2.45) is 0 Å². The van der Waals surface area contributed by atoms with Gasteiger partial charge in [0.05, 0.1) is 13.7 Å².